The van der Waals surface area contributed by atoms with Gasteiger partial charge in [0, 0.05) is 0 Å². The van der Waals surface area contributed by atoms with Crippen LogP contribution in [0.1, 0.15) is 32.1 Å². The predicted molar refractivity (Wildman–Crippen MR) is 37.4 cm³/mol. The second-order valence-electron chi connectivity index (χ2n) is 2.45. The van der Waals surface area contributed by atoms with Crippen LogP contribution in [0.3, 0.4) is 0 Å². The van der Waals surface area contributed by atoms with Crippen LogP contribution < -0.4 is 4.72 Å². The molecule has 1 nitrogen and oxygen atoms in total. The van der Waals surface area contributed by atoms with Crippen molar-refractivity contribution < 1.29 is 0 Å². The molecular weight excluding hydrogens is 118 g/mol. The Labute approximate surface area is 56.4 Å². The van der Waals surface area contributed by atoms with E-state index in [1.54, 1.807) is 0 Å². The highest BCUT2D eigenvalue weighted by Crippen LogP contribution is 2.16. The lowest BCUT2D eigenvalue weighted by Crippen LogP contribution is -2.25. The largest absolute Gasteiger partial charge is 0.705 e. The van der Waals surface area contributed by atoms with Crippen LogP contribution in [0.5, 0.6) is 0 Å². The van der Waals surface area contributed by atoms with Crippen molar-refractivity contribution in [1.29, 1.82) is 0 Å². The molecule has 8 heavy (non-hydrogen) atoms. The fourth-order valence-corrected chi connectivity index (χ4v) is 1.46. The molecule has 0 heterocycles. The molecule has 0 aromatic heterocycles. The van der Waals surface area contributed by atoms with E-state index in [0.717, 1.165) is 0 Å². The summed E-state index contributed by atoms with van der Waals surface area (Å²) in [6.45, 7) is 0. The summed E-state index contributed by atoms with van der Waals surface area (Å²) in [6, 6.07) is 0.652. The monoisotopic (exact) mass is 130 g/mol. The molecule has 0 radical (unpaired) electrons. The Balaban J connectivity index is 2.13. The molecule has 1 saturated carbocycles. The van der Waals surface area contributed by atoms with Crippen molar-refractivity contribution >= 4 is 12.8 Å². The first-order valence-corrected chi connectivity index (χ1v) is 3.72. The van der Waals surface area contributed by atoms with E-state index in [1.807, 2.05) is 0 Å². The molecule has 1 fully saturated rings. The van der Waals surface area contributed by atoms with E-state index in [1.165, 1.54) is 32.1 Å². The average molecular weight is 130 g/mol. The maximum atomic E-state index is 4.72. The molecule has 0 aliphatic heterocycles. The Kier molecular flexibility index (Phi) is 2.70. The van der Waals surface area contributed by atoms with Crippen LogP contribution in [0.25, 0.3) is 0 Å². The summed E-state index contributed by atoms with van der Waals surface area (Å²) >= 11 is 4.72. The molecule has 0 saturated heterocycles. The normalized spacial score (nSPS) is 23.6. The SMILES string of the molecule is [S-]NC1CCCCC1. The summed E-state index contributed by atoms with van der Waals surface area (Å²) < 4.78 is 2.89. The smallest absolute Gasteiger partial charge is 0.0145 e. The van der Waals surface area contributed by atoms with Crippen LogP contribution in [-0.2, 0) is 12.8 Å². The van der Waals surface area contributed by atoms with Gasteiger partial charge >= 0.3 is 0 Å². The second-order valence-corrected chi connectivity index (χ2v) is 2.69. The van der Waals surface area contributed by atoms with Gasteiger partial charge < -0.3 is 17.5 Å². The second kappa shape index (κ2) is 3.36. The van der Waals surface area contributed by atoms with Crippen LogP contribution in [0.4, 0.5) is 0 Å². The van der Waals surface area contributed by atoms with Gasteiger partial charge in [-0.25, -0.2) is 0 Å². The van der Waals surface area contributed by atoms with Crippen molar-refractivity contribution in [3.8, 4) is 0 Å². The third-order valence-electron chi connectivity index (χ3n) is 1.77. The molecule has 0 atom stereocenters. The fourth-order valence-electron chi connectivity index (χ4n) is 1.22. The summed E-state index contributed by atoms with van der Waals surface area (Å²) in [5.41, 5.74) is 0. The highest BCUT2D eigenvalue weighted by Gasteiger charge is 2.06. The van der Waals surface area contributed by atoms with E-state index in [2.05, 4.69) is 4.72 Å². The summed E-state index contributed by atoms with van der Waals surface area (Å²) in [5.74, 6) is 0. The third-order valence-corrected chi connectivity index (χ3v) is 2.11. The standard InChI is InChI=1S/C6H12NS/c8-7-6-4-2-1-3-5-6/h6-7H,1-5H2/q-1. The van der Waals surface area contributed by atoms with Gasteiger partial charge in [-0.1, -0.05) is 19.3 Å². The summed E-state index contributed by atoms with van der Waals surface area (Å²) in [7, 11) is 0. The van der Waals surface area contributed by atoms with Gasteiger partial charge in [-0.15, -0.1) is 0 Å². The van der Waals surface area contributed by atoms with Gasteiger partial charge in [-0.05, 0) is 18.9 Å². The minimum Gasteiger partial charge on any atom is -0.705 e. The molecule has 0 amide bonds. The Bertz CT molecular complexity index is 59.5. The lowest BCUT2D eigenvalue weighted by molar-refractivity contribution is 0.424. The maximum absolute atomic E-state index is 4.72. The van der Waals surface area contributed by atoms with Crippen LogP contribution in [0, 0.1) is 0 Å². The van der Waals surface area contributed by atoms with E-state index >= 15 is 0 Å². The molecule has 48 valence electrons. The van der Waals surface area contributed by atoms with E-state index < -0.39 is 0 Å². The number of hydrogen-bond acceptors (Lipinski definition) is 2. The molecule has 0 bridgehead atoms. The average Bonchev–Trinajstić information content (AvgIpc) is 1.90. The molecule has 0 spiro atoms. The van der Waals surface area contributed by atoms with E-state index in [0.29, 0.717) is 6.04 Å². The first kappa shape index (κ1) is 6.43. The summed E-state index contributed by atoms with van der Waals surface area (Å²) in [6.07, 6.45) is 6.74. The Hall–Kier alpha value is 0.310. The lowest BCUT2D eigenvalue weighted by atomic mass is 9.96. The van der Waals surface area contributed by atoms with E-state index in [4.69, 9.17) is 12.8 Å². The molecule has 0 aromatic rings. The Morgan fingerprint density at radius 1 is 1.12 bits per heavy atom. The zero-order valence-electron chi connectivity index (χ0n) is 5.02. The molecule has 0 aromatic carbocycles. The zero-order valence-corrected chi connectivity index (χ0v) is 5.84. The Morgan fingerprint density at radius 2 is 1.75 bits per heavy atom. The third kappa shape index (κ3) is 1.67. The highest BCUT2D eigenvalue weighted by molar-refractivity contribution is 7.56. The van der Waals surface area contributed by atoms with Crippen LogP contribution >= 0.6 is 0 Å². The molecule has 2 heteroatoms. The van der Waals surface area contributed by atoms with Gasteiger partial charge in [0.05, 0.1) is 0 Å². The first-order valence-electron chi connectivity index (χ1n) is 3.31. The highest BCUT2D eigenvalue weighted by atomic mass is 32.1. The Morgan fingerprint density at radius 3 is 2.12 bits per heavy atom. The minimum absolute atomic E-state index is 0.652. The maximum Gasteiger partial charge on any atom is -0.0145 e. The van der Waals surface area contributed by atoms with Crippen molar-refractivity contribution in [3.63, 3.8) is 0 Å². The van der Waals surface area contributed by atoms with Crippen molar-refractivity contribution in [2.75, 3.05) is 0 Å². The number of nitrogens with one attached hydrogen (secondary N) is 1. The van der Waals surface area contributed by atoms with Gasteiger partial charge in [0.1, 0.15) is 0 Å². The quantitative estimate of drug-likeness (QED) is 0.538. The van der Waals surface area contributed by atoms with Crippen molar-refractivity contribution in [3.05, 3.63) is 0 Å². The molecule has 0 unspecified atom stereocenters. The minimum atomic E-state index is 0.652. The van der Waals surface area contributed by atoms with Crippen molar-refractivity contribution in [2.45, 2.75) is 38.1 Å². The van der Waals surface area contributed by atoms with E-state index in [9.17, 15) is 0 Å². The van der Waals surface area contributed by atoms with Crippen molar-refractivity contribution in [1.82, 2.24) is 4.72 Å². The van der Waals surface area contributed by atoms with Gasteiger partial charge in [-0.2, -0.15) is 0 Å². The van der Waals surface area contributed by atoms with E-state index in [-0.39, 0.29) is 0 Å². The lowest BCUT2D eigenvalue weighted by Gasteiger charge is -2.26. The molecule has 1 rings (SSSR count). The topological polar surface area (TPSA) is 12.0 Å². The fraction of sp³-hybridized carbons (Fsp3) is 1.00. The van der Waals surface area contributed by atoms with Crippen molar-refractivity contribution in [2.24, 2.45) is 0 Å². The van der Waals surface area contributed by atoms with Gasteiger partial charge in [0.15, 0.2) is 0 Å². The van der Waals surface area contributed by atoms with Crippen LogP contribution in [-0.4, -0.2) is 6.04 Å². The molecule has 1 aliphatic rings. The van der Waals surface area contributed by atoms with Crippen LogP contribution in [0.15, 0.2) is 0 Å². The summed E-state index contributed by atoms with van der Waals surface area (Å²) in [4.78, 5) is 0. The summed E-state index contributed by atoms with van der Waals surface area (Å²) in [5, 5.41) is 0. The molecular formula is C6H12NS-. The van der Waals surface area contributed by atoms with Crippen LogP contribution in [0.2, 0.25) is 0 Å². The number of rotatable bonds is 1. The van der Waals surface area contributed by atoms with Gasteiger partial charge in [0.25, 0.3) is 0 Å². The molecule has 1 aliphatic carbocycles. The van der Waals surface area contributed by atoms with Gasteiger partial charge in [0.2, 0.25) is 0 Å². The first-order chi connectivity index (χ1) is 3.93. The predicted octanol–water partition coefficient (Wildman–Crippen LogP) is 1.37. The number of hydrogen-bond donors (Lipinski definition) is 1. The molecule has 1 N–H and O–H groups in total. The van der Waals surface area contributed by atoms with Gasteiger partial charge in [-0.3, -0.25) is 0 Å². The zero-order chi connectivity index (χ0) is 5.82.